The Labute approximate surface area is 189 Å². The Morgan fingerprint density at radius 2 is 1.81 bits per heavy atom. The Hall–Kier alpha value is -3.24. The number of nitrogens with one attached hydrogen (secondary N) is 2. The highest BCUT2D eigenvalue weighted by atomic mass is 35.5. The molecule has 10 heteroatoms. The second-order valence-corrected chi connectivity index (χ2v) is 9.22. The van der Waals surface area contributed by atoms with Crippen molar-refractivity contribution in [2.75, 3.05) is 19.5 Å². The van der Waals surface area contributed by atoms with Crippen LogP contribution in [0.25, 0.3) is 22.4 Å². The molecule has 4 aromatic rings. The first-order valence-corrected chi connectivity index (χ1v) is 11.3. The van der Waals surface area contributed by atoms with E-state index < -0.39 is 15.9 Å². The number of amides is 1. The maximum Gasteiger partial charge on any atom is 0.264 e. The minimum Gasteiger partial charge on any atom is -0.338 e. The summed E-state index contributed by atoms with van der Waals surface area (Å²) in [5, 5.41) is 2.86. The maximum atomic E-state index is 12.8. The summed E-state index contributed by atoms with van der Waals surface area (Å²) in [6, 6.07) is 18.7. The molecule has 0 bridgehead atoms. The fourth-order valence-corrected chi connectivity index (χ4v) is 4.29. The van der Waals surface area contributed by atoms with E-state index in [1.54, 1.807) is 12.1 Å². The number of halogens is 1. The van der Waals surface area contributed by atoms with E-state index in [1.807, 2.05) is 36.4 Å². The summed E-state index contributed by atoms with van der Waals surface area (Å²) in [5.41, 5.74) is 3.20. The number of imidazole rings is 1. The molecule has 2 N–H and O–H groups in total. The minimum atomic E-state index is -3.92. The highest BCUT2D eigenvalue weighted by molar-refractivity contribution is 7.89. The van der Waals surface area contributed by atoms with Crippen LogP contribution in [-0.4, -0.2) is 42.9 Å². The van der Waals surface area contributed by atoms with Crippen molar-refractivity contribution in [3.8, 4) is 11.4 Å². The average molecular weight is 471 g/mol. The molecule has 0 atom stereocenters. The molecule has 0 aliphatic carbocycles. The highest BCUT2D eigenvalue weighted by Crippen LogP contribution is 2.25. The van der Waals surface area contributed by atoms with Gasteiger partial charge < -0.3 is 10.3 Å². The minimum absolute atomic E-state index is 0.0265. The third kappa shape index (κ3) is 4.23. The number of H-pyrrole nitrogens is 1. The fraction of sp³-hybridized carbons (Fsp3) is 0.0909. The molecule has 0 fully saturated rings. The van der Waals surface area contributed by atoms with Crippen LogP contribution in [0.2, 0.25) is 5.02 Å². The van der Waals surface area contributed by atoms with Gasteiger partial charge in [-0.05, 0) is 54.6 Å². The number of anilines is 1. The van der Waals surface area contributed by atoms with Crippen LogP contribution >= 0.6 is 11.6 Å². The van der Waals surface area contributed by atoms with Crippen molar-refractivity contribution in [2.24, 2.45) is 0 Å². The number of hydroxylamine groups is 1. The lowest BCUT2D eigenvalue weighted by atomic mass is 10.1. The zero-order chi connectivity index (χ0) is 22.9. The van der Waals surface area contributed by atoms with Crippen LogP contribution in [0.3, 0.4) is 0 Å². The van der Waals surface area contributed by atoms with Crippen LogP contribution in [0.4, 0.5) is 5.69 Å². The number of hydrogen-bond donors (Lipinski definition) is 2. The SMILES string of the molecule is CON(C)S(=O)(=O)c1ccc(Cl)c(C(=O)Nc2ccc(-c3nc4ccccc4[nH]3)cc2)c1. The van der Waals surface area contributed by atoms with Gasteiger partial charge in [-0.2, -0.15) is 0 Å². The van der Waals surface area contributed by atoms with E-state index in [-0.39, 0.29) is 15.5 Å². The summed E-state index contributed by atoms with van der Waals surface area (Å²) in [6.07, 6.45) is 0. The van der Waals surface area contributed by atoms with Crippen LogP contribution in [0.15, 0.2) is 71.6 Å². The van der Waals surface area contributed by atoms with E-state index >= 15 is 0 Å². The number of nitrogens with zero attached hydrogens (tertiary/aromatic N) is 2. The molecular weight excluding hydrogens is 452 g/mol. The largest absolute Gasteiger partial charge is 0.338 e. The van der Waals surface area contributed by atoms with Gasteiger partial charge in [0.05, 0.1) is 33.6 Å². The molecule has 0 aliphatic rings. The Balaban J connectivity index is 1.56. The van der Waals surface area contributed by atoms with Crippen LogP contribution in [-0.2, 0) is 14.9 Å². The molecule has 1 amide bonds. The summed E-state index contributed by atoms with van der Waals surface area (Å²) < 4.78 is 25.6. The second kappa shape index (κ2) is 8.71. The predicted octanol–water partition coefficient (Wildman–Crippen LogP) is 4.32. The van der Waals surface area contributed by atoms with Gasteiger partial charge in [-0.1, -0.05) is 28.2 Å². The monoisotopic (exact) mass is 470 g/mol. The number of benzene rings is 3. The fourth-order valence-electron chi connectivity index (χ4n) is 3.08. The number of fused-ring (bicyclic) bond motifs is 1. The van der Waals surface area contributed by atoms with Crippen molar-refractivity contribution >= 4 is 44.3 Å². The van der Waals surface area contributed by atoms with Crippen molar-refractivity contribution < 1.29 is 18.0 Å². The number of carbonyl (C=O) groups is 1. The molecule has 0 unspecified atom stereocenters. The van der Waals surface area contributed by atoms with Crippen molar-refractivity contribution in [3.63, 3.8) is 0 Å². The standard InChI is InChI=1S/C22H19ClN4O4S/c1-27(31-2)32(29,30)16-11-12-18(23)17(13-16)22(28)24-15-9-7-14(8-10-15)21-25-19-5-3-4-6-20(19)26-21/h3-13H,1-2H3,(H,24,28)(H,25,26). The van der Waals surface area contributed by atoms with Gasteiger partial charge in [0, 0.05) is 18.3 Å². The maximum absolute atomic E-state index is 12.8. The molecule has 0 radical (unpaired) electrons. The lowest BCUT2D eigenvalue weighted by molar-refractivity contribution is -0.0258. The lowest BCUT2D eigenvalue weighted by Crippen LogP contribution is -2.26. The molecule has 8 nitrogen and oxygen atoms in total. The first kappa shape index (κ1) is 22.0. The third-order valence-corrected chi connectivity index (χ3v) is 6.89. The summed E-state index contributed by atoms with van der Waals surface area (Å²) in [7, 11) is -1.43. The topological polar surface area (TPSA) is 104 Å². The molecule has 0 saturated heterocycles. The van der Waals surface area contributed by atoms with Crippen LogP contribution in [0, 0.1) is 0 Å². The van der Waals surface area contributed by atoms with Crippen molar-refractivity contribution in [1.82, 2.24) is 14.4 Å². The molecule has 3 aromatic carbocycles. The zero-order valence-corrected chi connectivity index (χ0v) is 18.7. The summed E-state index contributed by atoms with van der Waals surface area (Å²) in [4.78, 5) is 25.2. The molecule has 4 rings (SSSR count). The lowest BCUT2D eigenvalue weighted by Gasteiger charge is -2.15. The quantitative estimate of drug-likeness (QED) is 0.408. The van der Waals surface area contributed by atoms with E-state index in [1.165, 1.54) is 32.4 Å². The van der Waals surface area contributed by atoms with Gasteiger partial charge in [0.25, 0.3) is 15.9 Å². The summed E-state index contributed by atoms with van der Waals surface area (Å²) >= 11 is 6.15. The summed E-state index contributed by atoms with van der Waals surface area (Å²) in [6.45, 7) is 0. The summed E-state index contributed by atoms with van der Waals surface area (Å²) in [5.74, 6) is 0.177. The van der Waals surface area contributed by atoms with E-state index in [0.717, 1.165) is 16.6 Å². The predicted molar refractivity (Wildman–Crippen MR) is 123 cm³/mol. The van der Waals surface area contributed by atoms with E-state index in [2.05, 4.69) is 15.3 Å². The second-order valence-electron chi connectivity index (χ2n) is 6.87. The number of hydrogen-bond acceptors (Lipinski definition) is 5. The van der Waals surface area contributed by atoms with Crippen LogP contribution < -0.4 is 5.32 Å². The molecule has 0 saturated carbocycles. The number of para-hydroxylation sites is 2. The Bertz CT molecular complexity index is 1370. The van der Waals surface area contributed by atoms with E-state index in [9.17, 15) is 13.2 Å². The average Bonchev–Trinajstić information content (AvgIpc) is 3.23. The van der Waals surface area contributed by atoms with Gasteiger partial charge in [0.15, 0.2) is 0 Å². The van der Waals surface area contributed by atoms with E-state index in [0.29, 0.717) is 16.0 Å². The Morgan fingerprint density at radius 3 is 2.50 bits per heavy atom. The van der Waals surface area contributed by atoms with Crippen LogP contribution in [0.1, 0.15) is 10.4 Å². The molecule has 164 valence electrons. The van der Waals surface area contributed by atoms with Crippen molar-refractivity contribution in [1.29, 1.82) is 0 Å². The van der Waals surface area contributed by atoms with Crippen molar-refractivity contribution in [3.05, 3.63) is 77.3 Å². The molecule has 32 heavy (non-hydrogen) atoms. The third-order valence-electron chi connectivity index (χ3n) is 4.88. The number of aromatic nitrogens is 2. The number of sulfonamides is 1. The van der Waals surface area contributed by atoms with Gasteiger partial charge in [0.2, 0.25) is 0 Å². The molecule has 1 heterocycles. The Morgan fingerprint density at radius 1 is 1.09 bits per heavy atom. The molecule has 1 aromatic heterocycles. The first-order chi connectivity index (χ1) is 15.3. The number of rotatable bonds is 6. The van der Waals surface area contributed by atoms with Gasteiger partial charge in [0.1, 0.15) is 5.82 Å². The van der Waals surface area contributed by atoms with Gasteiger partial charge in [-0.15, -0.1) is 0 Å². The van der Waals surface area contributed by atoms with Gasteiger partial charge in [-0.25, -0.2) is 13.4 Å². The smallest absolute Gasteiger partial charge is 0.264 e. The molecule has 0 aliphatic heterocycles. The number of aromatic amines is 1. The normalized spacial score (nSPS) is 11.8. The zero-order valence-electron chi connectivity index (χ0n) is 17.2. The highest BCUT2D eigenvalue weighted by Gasteiger charge is 2.23. The molecular formula is C22H19ClN4O4S. The van der Waals surface area contributed by atoms with Crippen molar-refractivity contribution in [2.45, 2.75) is 4.90 Å². The molecule has 0 spiro atoms. The van der Waals surface area contributed by atoms with Gasteiger partial charge in [-0.3, -0.25) is 9.63 Å². The number of carbonyl (C=O) groups excluding carboxylic acids is 1. The van der Waals surface area contributed by atoms with Crippen LogP contribution in [0.5, 0.6) is 0 Å². The first-order valence-electron chi connectivity index (χ1n) is 9.49. The van der Waals surface area contributed by atoms with Gasteiger partial charge >= 0.3 is 0 Å². The Kier molecular flexibility index (Phi) is 5.98. The van der Waals surface area contributed by atoms with E-state index in [4.69, 9.17) is 16.4 Å².